The second-order valence-electron chi connectivity index (χ2n) is 5.54. The number of carbonyl (C=O) groups excluding carboxylic acids is 2. The highest BCUT2D eigenvalue weighted by Gasteiger charge is 2.38. The van der Waals surface area contributed by atoms with Crippen LogP contribution >= 0.6 is 0 Å². The highest BCUT2D eigenvalue weighted by atomic mass is 16.7. The third kappa shape index (κ3) is 3.66. The molecule has 0 bridgehead atoms. The lowest BCUT2D eigenvalue weighted by Crippen LogP contribution is -2.41. The number of ketones is 1. The quantitative estimate of drug-likeness (QED) is 0.493. The molecule has 0 saturated heterocycles. The van der Waals surface area contributed by atoms with E-state index >= 15 is 0 Å². The molecule has 8 nitrogen and oxygen atoms in total. The topological polar surface area (TPSA) is 126 Å². The van der Waals surface area contributed by atoms with E-state index in [4.69, 9.17) is 15.1 Å². The fourth-order valence-electron chi connectivity index (χ4n) is 2.51. The standard InChI is InChI=1S/C17H16N2O6/c1-3-17(4-2)8-13(20)11-7-10(5-6-14(11)24-17)16(23)25-19-12(9-18)15(21)22/h5-7H,3-4,8H2,1-2H3,(H,21,22). The smallest absolute Gasteiger partial charge is 0.369 e. The van der Waals surface area contributed by atoms with Crippen LogP contribution in [0.3, 0.4) is 0 Å². The van der Waals surface area contributed by atoms with Crippen molar-refractivity contribution >= 4 is 23.4 Å². The van der Waals surface area contributed by atoms with E-state index in [0.717, 1.165) is 0 Å². The lowest BCUT2D eigenvalue weighted by atomic mass is 9.85. The Bertz CT molecular complexity index is 802. The number of carboxylic acid groups (broad SMARTS) is 1. The van der Waals surface area contributed by atoms with Crippen LogP contribution in [0.4, 0.5) is 0 Å². The average molecular weight is 344 g/mol. The van der Waals surface area contributed by atoms with Gasteiger partial charge in [-0.25, -0.2) is 9.59 Å². The lowest BCUT2D eigenvalue weighted by molar-refractivity contribution is -0.129. The number of ether oxygens (including phenoxy) is 1. The summed E-state index contributed by atoms with van der Waals surface area (Å²) in [6.07, 6.45) is 1.57. The van der Waals surface area contributed by atoms with E-state index < -0.39 is 23.3 Å². The van der Waals surface area contributed by atoms with Gasteiger partial charge in [-0.05, 0) is 31.0 Å². The first-order valence-electron chi connectivity index (χ1n) is 7.64. The van der Waals surface area contributed by atoms with Crippen molar-refractivity contribution in [3.63, 3.8) is 0 Å². The normalized spacial score (nSPS) is 15.6. The third-order valence-corrected chi connectivity index (χ3v) is 4.14. The molecule has 25 heavy (non-hydrogen) atoms. The van der Waals surface area contributed by atoms with Crippen LogP contribution in [0.5, 0.6) is 5.75 Å². The molecule has 0 aromatic heterocycles. The predicted octanol–water partition coefficient (Wildman–Crippen LogP) is 2.33. The van der Waals surface area contributed by atoms with Gasteiger partial charge in [0.1, 0.15) is 17.4 Å². The molecule has 130 valence electrons. The van der Waals surface area contributed by atoms with Gasteiger partial charge >= 0.3 is 11.9 Å². The maximum Gasteiger partial charge on any atom is 0.369 e. The van der Waals surface area contributed by atoms with Crippen molar-refractivity contribution in [3.8, 4) is 11.8 Å². The lowest BCUT2D eigenvalue weighted by Gasteiger charge is -2.36. The fourth-order valence-corrected chi connectivity index (χ4v) is 2.51. The number of rotatable bonds is 5. The predicted molar refractivity (Wildman–Crippen MR) is 85.4 cm³/mol. The first-order chi connectivity index (χ1) is 11.9. The van der Waals surface area contributed by atoms with Gasteiger partial charge in [-0.15, -0.1) is 0 Å². The van der Waals surface area contributed by atoms with Gasteiger partial charge in [-0.2, -0.15) is 5.26 Å². The van der Waals surface area contributed by atoms with E-state index in [2.05, 4.69) is 9.99 Å². The Morgan fingerprint density at radius 1 is 1.40 bits per heavy atom. The van der Waals surface area contributed by atoms with Crippen molar-refractivity contribution in [1.82, 2.24) is 0 Å². The van der Waals surface area contributed by atoms with Crippen LogP contribution in [0.15, 0.2) is 23.4 Å². The molecule has 0 atom stereocenters. The Hall–Kier alpha value is -3.21. The Balaban J connectivity index is 2.26. The highest BCUT2D eigenvalue weighted by molar-refractivity contribution is 6.42. The van der Waals surface area contributed by atoms with E-state index in [-0.39, 0.29) is 23.3 Å². The summed E-state index contributed by atoms with van der Waals surface area (Å²) >= 11 is 0. The van der Waals surface area contributed by atoms with Crippen LogP contribution in [-0.2, 0) is 9.63 Å². The van der Waals surface area contributed by atoms with Crippen molar-refractivity contribution < 1.29 is 29.1 Å². The van der Waals surface area contributed by atoms with E-state index in [9.17, 15) is 14.4 Å². The molecule has 1 heterocycles. The molecule has 0 unspecified atom stereocenters. The fraction of sp³-hybridized carbons (Fsp3) is 0.353. The maximum atomic E-state index is 12.4. The molecule has 2 rings (SSSR count). The molecule has 0 spiro atoms. The van der Waals surface area contributed by atoms with Gasteiger partial charge in [-0.1, -0.05) is 19.0 Å². The van der Waals surface area contributed by atoms with Crippen LogP contribution in [0.1, 0.15) is 53.8 Å². The summed E-state index contributed by atoms with van der Waals surface area (Å²) < 4.78 is 5.95. The SMILES string of the molecule is CCC1(CC)CC(=O)c2cc(C(=O)ON=C(C#N)C(=O)O)ccc2O1. The molecule has 1 aromatic rings. The van der Waals surface area contributed by atoms with Gasteiger partial charge in [0.25, 0.3) is 5.71 Å². The number of fused-ring (bicyclic) bond motifs is 1. The second kappa shape index (κ2) is 7.13. The summed E-state index contributed by atoms with van der Waals surface area (Å²) in [5.74, 6) is -2.35. The molecule has 1 aromatic carbocycles. The second-order valence-corrected chi connectivity index (χ2v) is 5.54. The number of benzene rings is 1. The van der Waals surface area contributed by atoms with Gasteiger partial charge in [-0.3, -0.25) is 4.79 Å². The van der Waals surface area contributed by atoms with Crippen molar-refractivity contribution in [2.45, 2.75) is 38.7 Å². The van der Waals surface area contributed by atoms with Gasteiger partial charge in [0.05, 0.1) is 17.5 Å². The molecule has 0 fully saturated rings. The molecule has 1 aliphatic rings. The molecule has 0 saturated carbocycles. The van der Waals surface area contributed by atoms with Crippen molar-refractivity contribution in [2.75, 3.05) is 0 Å². The van der Waals surface area contributed by atoms with E-state index in [1.54, 1.807) is 0 Å². The largest absolute Gasteiger partial charge is 0.486 e. The summed E-state index contributed by atoms with van der Waals surface area (Å²) in [6.45, 7) is 3.89. The van der Waals surface area contributed by atoms with Crippen LogP contribution in [0.25, 0.3) is 0 Å². The van der Waals surface area contributed by atoms with Crippen LogP contribution in [0, 0.1) is 11.3 Å². The van der Waals surface area contributed by atoms with Gasteiger partial charge in [0.15, 0.2) is 5.78 Å². The minimum atomic E-state index is -1.61. The summed E-state index contributed by atoms with van der Waals surface area (Å²) in [4.78, 5) is 39.4. The van der Waals surface area contributed by atoms with Crippen LogP contribution in [0.2, 0.25) is 0 Å². The Kier molecular flexibility index (Phi) is 5.17. The monoisotopic (exact) mass is 344 g/mol. The Morgan fingerprint density at radius 3 is 2.64 bits per heavy atom. The summed E-state index contributed by atoms with van der Waals surface area (Å²) in [7, 11) is 0. The Labute approximate surface area is 143 Å². The summed E-state index contributed by atoms with van der Waals surface area (Å²) in [5.41, 5.74) is -1.24. The van der Waals surface area contributed by atoms with Crippen LogP contribution < -0.4 is 4.74 Å². The van der Waals surface area contributed by atoms with Crippen molar-refractivity contribution in [2.24, 2.45) is 5.16 Å². The molecule has 1 aliphatic heterocycles. The van der Waals surface area contributed by atoms with E-state index in [1.807, 2.05) is 13.8 Å². The van der Waals surface area contributed by atoms with Crippen LogP contribution in [-0.4, -0.2) is 34.1 Å². The minimum Gasteiger partial charge on any atom is -0.486 e. The van der Waals surface area contributed by atoms with Crippen molar-refractivity contribution in [3.05, 3.63) is 29.3 Å². The van der Waals surface area contributed by atoms with E-state index in [1.165, 1.54) is 24.3 Å². The molecular weight excluding hydrogens is 328 g/mol. The number of nitriles is 1. The number of aliphatic carboxylic acids is 1. The van der Waals surface area contributed by atoms with Gasteiger partial charge in [0, 0.05) is 0 Å². The number of carboxylic acids is 1. The molecular formula is C17H16N2O6. The minimum absolute atomic E-state index is 0.00243. The van der Waals surface area contributed by atoms with E-state index in [0.29, 0.717) is 18.6 Å². The van der Waals surface area contributed by atoms with Crippen molar-refractivity contribution in [1.29, 1.82) is 5.26 Å². The third-order valence-electron chi connectivity index (χ3n) is 4.14. The highest BCUT2D eigenvalue weighted by Crippen LogP contribution is 2.37. The molecule has 0 amide bonds. The average Bonchev–Trinajstić information content (AvgIpc) is 2.61. The summed E-state index contributed by atoms with van der Waals surface area (Å²) in [5, 5.41) is 20.2. The first-order valence-corrected chi connectivity index (χ1v) is 7.64. The van der Waals surface area contributed by atoms with Gasteiger partial charge < -0.3 is 14.7 Å². The zero-order chi connectivity index (χ0) is 18.6. The first kappa shape index (κ1) is 18.1. The molecule has 0 radical (unpaired) electrons. The molecule has 8 heteroatoms. The summed E-state index contributed by atoms with van der Waals surface area (Å²) in [6, 6.07) is 5.49. The zero-order valence-corrected chi connectivity index (χ0v) is 13.7. The number of carbonyl (C=O) groups is 3. The Morgan fingerprint density at radius 2 is 2.08 bits per heavy atom. The number of Topliss-reactive ketones (excluding diaryl/α,β-unsaturated/α-hetero) is 1. The number of oxime groups is 1. The number of nitrogens with zero attached hydrogens (tertiary/aromatic N) is 2. The molecule has 0 aliphatic carbocycles. The number of hydrogen-bond donors (Lipinski definition) is 1. The molecule has 1 N–H and O–H groups in total. The maximum absolute atomic E-state index is 12.4. The zero-order valence-electron chi connectivity index (χ0n) is 13.7. The number of hydrogen-bond acceptors (Lipinski definition) is 7. The van der Waals surface area contributed by atoms with Gasteiger partial charge in [0.2, 0.25) is 0 Å².